The zero-order chi connectivity index (χ0) is 16.2. The van der Waals surface area contributed by atoms with Crippen LogP contribution in [0.2, 0.25) is 0 Å². The minimum atomic E-state index is -1.01. The molecule has 2 nitrogen and oxygen atoms in total. The number of carbonyl (C=O) groups excluding carboxylic acids is 1. The van der Waals surface area contributed by atoms with Crippen molar-refractivity contribution >= 4 is 5.78 Å². The van der Waals surface area contributed by atoms with Gasteiger partial charge in [-0.1, -0.05) is 17.6 Å². The van der Waals surface area contributed by atoms with E-state index in [0.29, 0.717) is 42.3 Å². The number of hydrogen-bond donors (Lipinski definition) is 1. The van der Waals surface area contributed by atoms with Crippen molar-refractivity contribution in [2.24, 2.45) is 29.1 Å². The van der Waals surface area contributed by atoms with Crippen LogP contribution in [0.15, 0.2) is 24.3 Å². The van der Waals surface area contributed by atoms with Gasteiger partial charge in [0.05, 0.1) is 0 Å². The molecule has 1 N–H and O–H groups in total. The van der Waals surface area contributed by atoms with Crippen LogP contribution in [-0.2, 0) is 4.79 Å². The summed E-state index contributed by atoms with van der Waals surface area (Å²) in [6.07, 6.45) is 17.3. The van der Waals surface area contributed by atoms with Crippen molar-refractivity contribution in [3.05, 3.63) is 24.3 Å². The standard InChI is InChI=1S/C21H26O2/c1-3-20-11-9-17-16-8-6-15(22)13-14(16)5-7-18(17)19(20)10-12-21(20,23)4-2/h2-3,13,16-19,23H,1,5-12H2/t16-,17?,18+,19?,20-,21-/m0/s1. The Morgan fingerprint density at radius 2 is 2.04 bits per heavy atom. The Bertz CT molecular complexity index is 624. The van der Waals surface area contributed by atoms with Crippen molar-refractivity contribution in [2.45, 2.75) is 57.0 Å². The van der Waals surface area contributed by atoms with E-state index in [1.54, 1.807) is 0 Å². The molecule has 3 saturated carbocycles. The zero-order valence-corrected chi connectivity index (χ0v) is 13.8. The lowest BCUT2D eigenvalue weighted by molar-refractivity contribution is -0.116. The third-order valence-corrected chi connectivity index (χ3v) is 7.62. The Hall–Kier alpha value is -1.33. The molecular weight excluding hydrogens is 284 g/mol. The molecule has 0 radical (unpaired) electrons. The number of ketones is 1. The molecule has 0 heterocycles. The highest BCUT2D eigenvalue weighted by molar-refractivity contribution is 5.91. The van der Waals surface area contributed by atoms with Crippen molar-refractivity contribution in [1.82, 2.24) is 0 Å². The van der Waals surface area contributed by atoms with E-state index in [9.17, 15) is 9.90 Å². The molecule has 4 rings (SSSR count). The molecule has 6 atom stereocenters. The molecule has 4 aliphatic carbocycles. The Morgan fingerprint density at radius 1 is 1.22 bits per heavy atom. The highest BCUT2D eigenvalue weighted by Gasteiger charge is 2.62. The van der Waals surface area contributed by atoms with Crippen LogP contribution in [0.4, 0.5) is 0 Å². The van der Waals surface area contributed by atoms with Crippen molar-refractivity contribution in [3.8, 4) is 12.3 Å². The topological polar surface area (TPSA) is 37.3 Å². The van der Waals surface area contributed by atoms with Crippen molar-refractivity contribution in [3.63, 3.8) is 0 Å². The third kappa shape index (κ3) is 1.89. The van der Waals surface area contributed by atoms with Crippen LogP contribution >= 0.6 is 0 Å². The number of fused-ring (bicyclic) bond motifs is 5. The van der Waals surface area contributed by atoms with Crippen molar-refractivity contribution in [1.29, 1.82) is 0 Å². The van der Waals surface area contributed by atoms with E-state index in [-0.39, 0.29) is 5.41 Å². The van der Waals surface area contributed by atoms with Gasteiger partial charge in [0.1, 0.15) is 5.60 Å². The molecule has 0 aromatic heterocycles. The van der Waals surface area contributed by atoms with Crippen LogP contribution in [0.3, 0.4) is 0 Å². The Balaban J connectivity index is 1.68. The monoisotopic (exact) mass is 310 g/mol. The summed E-state index contributed by atoms with van der Waals surface area (Å²) in [5, 5.41) is 11.0. The van der Waals surface area contributed by atoms with Gasteiger partial charge in [-0.2, -0.15) is 0 Å². The normalized spacial score (nSPS) is 48.5. The summed E-state index contributed by atoms with van der Waals surface area (Å²) >= 11 is 0. The molecule has 2 unspecified atom stereocenters. The summed E-state index contributed by atoms with van der Waals surface area (Å²) in [6.45, 7) is 4.08. The first-order valence-corrected chi connectivity index (χ1v) is 9.12. The first-order chi connectivity index (χ1) is 11.0. The second-order valence-electron chi connectivity index (χ2n) is 8.13. The molecule has 0 amide bonds. The second kappa shape index (κ2) is 5.08. The molecule has 3 fully saturated rings. The minimum Gasteiger partial charge on any atom is -0.377 e. The van der Waals surface area contributed by atoms with Gasteiger partial charge in [0.2, 0.25) is 0 Å². The van der Waals surface area contributed by atoms with Gasteiger partial charge in [0.25, 0.3) is 0 Å². The number of aliphatic hydroxyl groups is 1. The molecule has 0 aromatic rings. The van der Waals surface area contributed by atoms with E-state index in [0.717, 1.165) is 38.5 Å². The maximum absolute atomic E-state index is 11.7. The molecular formula is C21H26O2. The van der Waals surface area contributed by atoms with Gasteiger partial charge >= 0.3 is 0 Å². The first kappa shape index (κ1) is 15.2. The Morgan fingerprint density at radius 3 is 2.78 bits per heavy atom. The number of hydrogen-bond acceptors (Lipinski definition) is 2. The lowest BCUT2D eigenvalue weighted by Crippen LogP contribution is -2.52. The fourth-order valence-electron chi connectivity index (χ4n) is 6.56. The average molecular weight is 310 g/mol. The summed E-state index contributed by atoms with van der Waals surface area (Å²) in [7, 11) is 0. The van der Waals surface area contributed by atoms with E-state index in [1.165, 1.54) is 5.57 Å². The van der Waals surface area contributed by atoms with E-state index < -0.39 is 5.60 Å². The zero-order valence-electron chi connectivity index (χ0n) is 13.8. The van der Waals surface area contributed by atoms with Crippen LogP contribution in [0.1, 0.15) is 51.4 Å². The maximum Gasteiger partial charge on any atom is 0.155 e. The van der Waals surface area contributed by atoms with Gasteiger partial charge in [0.15, 0.2) is 5.78 Å². The Kier molecular flexibility index (Phi) is 3.36. The predicted molar refractivity (Wildman–Crippen MR) is 90.4 cm³/mol. The maximum atomic E-state index is 11.7. The van der Waals surface area contributed by atoms with Crippen molar-refractivity contribution < 1.29 is 9.90 Å². The van der Waals surface area contributed by atoms with Gasteiger partial charge in [-0.05, 0) is 74.7 Å². The summed E-state index contributed by atoms with van der Waals surface area (Å²) in [6, 6.07) is 0. The molecule has 0 spiro atoms. The number of carbonyl (C=O) groups is 1. The van der Waals surface area contributed by atoms with Crippen LogP contribution in [0, 0.1) is 41.4 Å². The van der Waals surface area contributed by atoms with Gasteiger partial charge < -0.3 is 5.11 Å². The van der Waals surface area contributed by atoms with Gasteiger partial charge in [-0.3, -0.25) is 4.79 Å². The third-order valence-electron chi connectivity index (χ3n) is 7.62. The highest BCUT2D eigenvalue weighted by Crippen LogP contribution is 2.65. The fourth-order valence-corrected chi connectivity index (χ4v) is 6.56. The van der Waals surface area contributed by atoms with E-state index in [1.807, 2.05) is 12.2 Å². The summed E-state index contributed by atoms with van der Waals surface area (Å²) < 4.78 is 0. The van der Waals surface area contributed by atoms with E-state index >= 15 is 0 Å². The molecule has 23 heavy (non-hydrogen) atoms. The minimum absolute atomic E-state index is 0.297. The van der Waals surface area contributed by atoms with Gasteiger partial charge in [0, 0.05) is 11.8 Å². The first-order valence-electron chi connectivity index (χ1n) is 9.12. The summed E-state index contributed by atoms with van der Waals surface area (Å²) in [5.74, 6) is 5.37. The molecule has 122 valence electrons. The number of terminal acetylenes is 1. The average Bonchev–Trinajstić information content (AvgIpc) is 2.88. The summed E-state index contributed by atoms with van der Waals surface area (Å²) in [4.78, 5) is 11.7. The molecule has 0 bridgehead atoms. The van der Waals surface area contributed by atoms with Crippen LogP contribution in [0.25, 0.3) is 0 Å². The van der Waals surface area contributed by atoms with Crippen LogP contribution < -0.4 is 0 Å². The summed E-state index contributed by atoms with van der Waals surface area (Å²) in [5.41, 5.74) is 0.0938. The van der Waals surface area contributed by atoms with Gasteiger partial charge in [-0.25, -0.2) is 0 Å². The molecule has 0 saturated heterocycles. The van der Waals surface area contributed by atoms with Gasteiger partial charge in [-0.15, -0.1) is 13.0 Å². The number of allylic oxidation sites excluding steroid dienone is 1. The molecule has 4 aliphatic rings. The van der Waals surface area contributed by atoms with Crippen molar-refractivity contribution in [2.75, 3.05) is 0 Å². The van der Waals surface area contributed by atoms with E-state index in [2.05, 4.69) is 12.5 Å². The smallest absolute Gasteiger partial charge is 0.155 e. The second-order valence-corrected chi connectivity index (χ2v) is 8.13. The fraction of sp³-hybridized carbons (Fsp3) is 0.667. The predicted octanol–water partition coefficient (Wildman–Crippen LogP) is 3.66. The SMILES string of the molecule is C#C[C@]1(O)CCC2[C@@H]3CCC4=CC(=O)CC[C@@H]4C3CC[C@@]21C=C. The van der Waals surface area contributed by atoms with Crippen LogP contribution in [-0.4, -0.2) is 16.5 Å². The largest absolute Gasteiger partial charge is 0.377 e. The number of rotatable bonds is 1. The highest BCUT2D eigenvalue weighted by atomic mass is 16.3. The molecule has 0 aliphatic heterocycles. The van der Waals surface area contributed by atoms with Crippen LogP contribution in [0.5, 0.6) is 0 Å². The van der Waals surface area contributed by atoms with E-state index in [4.69, 9.17) is 6.42 Å². The lowest BCUT2D eigenvalue weighted by atomic mass is 9.50. The molecule has 2 heteroatoms. The molecule has 0 aromatic carbocycles. The quantitative estimate of drug-likeness (QED) is 0.593. The lowest BCUT2D eigenvalue weighted by Gasteiger charge is -2.55. The Labute approximate surface area is 139 Å².